The molecule has 21 heavy (non-hydrogen) atoms. The van der Waals surface area contributed by atoms with Crippen LogP contribution in [-0.4, -0.2) is 38.7 Å². The van der Waals surface area contributed by atoms with Crippen LogP contribution in [0.2, 0.25) is 0 Å². The lowest BCUT2D eigenvalue weighted by Gasteiger charge is -2.23. The van der Waals surface area contributed by atoms with E-state index in [1.54, 1.807) is 0 Å². The molecular weight excluding hydrogens is 327 g/mol. The number of nitro benzene ring substituents is 1. The highest BCUT2D eigenvalue weighted by Gasteiger charge is 2.26. The van der Waals surface area contributed by atoms with Crippen molar-refractivity contribution in [3.63, 3.8) is 0 Å². The van der Waals surface area contributed by atoms with E-state index in [2.05, 4.69) is 10.2 Å². The monoisotopic (exact) mass is 338 g/mol. The van der Waals surface area contributed by atoms with Gasteiger partial charge >= 0.3 is 0 Å². The van der Waals surface area contributed by atoms with Crippen molar-refractivity contribution in [2.45, 2.75) is 17.0 Å². The summed E-state index contributed by atoms with van der Waals surface area (Å²) in [5.74, 6) is -0.777. The molecule has 2 atom stereocenters. The SMILES string of the molecule is O=C(N[C@H](COO)[C@H](O)c1ccc([N+](=O)[O-])cc1)C(Cl)Cl. The zero-order valence-corrected chi connectivity index (χ0v) is 12.0. The summed E-state index contributed by atoms with van der Waals surface area (Å²) in [7, 11) is 0. The first kappa shape index (κ1) is 17.6. The number of carbonyl (C=O) groups is 1. The number of nitrogens with zero attached hydrogens (tertiary/aromatic N) is 1. The van der Waals surface area contributed by atoms with Gasteiger partial charge in [-0.15, -0.1) is 0 Å². The van der Waals surface area contributed by atoms with Crippen LogP contribution in [0.25, 0.3) is 0 Å². The van der Waals surface area contributed by atoms with Gasteiger partial charge < -0.3 is 10.4 Å². The lowest BCUT2D eigenvalue weighted by molar-refractivity contribution is -0.384. The summed E-state index contributed by atoms with van der Waals surface area (Å²) in [4.78, 5) is 23.9. The van der Waals surface area contributed by atoms with Crippen LogP contribution in [0.15, 0.2) is 24.3 Å². The molecule has 0 aliphatic rings. The van der Waals surface area contributed by atoms with Crippen molar-refractivity contribution in [2.75, 3.05) is 6.61 Å². The highest BCUT2D eigenvalue weighted by atomic mass is 35.5. The topological polar surface area (TPSA) is 122 Å². The summed E-state index contributed by atoms with van der Waals surface area (Å²) in [6.45, 7) is -0.426. The summed E-state index contributed by atoms with van der Waals surface area (Å²) in [5.41, 5.74) is 0.134. The van der Waals surface area contributed by atoms with E-state index in [4.69, 9.17) is 28.5 Å². The Labute approximate surface area is 129 Å². The van der Waals surface area contributed by atoms with Crippen molar-refractivity contribution < 1.29 is 25.0 Å². The van der Waals surface area contributed by atoms with Gasteiger partial charge in [-0.05, 0) is 17.7 Å². The molecule has 0 saturated carbocycles. The maximum absolute atomic E-state index is 11.4. The predicted octanol–water partition coefficient (Wildman–Crippen LogP) is 1.41. The number of amides is 1. The van der Waals surface area contributed by atoms with Crippen LogP contribution in [0.1, 0.15) is 11.7 Å². The number of aliphatic hydroxyl groups is 1. The number of hydrogen-bond acceptors (Lipinski definition) is 6. The van der Waals surface area contributed by atoms with E-state index in [0.717, 1.165) is 0 Å². The van der Waals surface area contributed by atoms with E-state index in [9.17, 15) is 20.0 Å². The van der Waals surface area contributed by atoms with Gasteiger partial charge in [-0.25, -0.2) is 4.89 Å². The number of non-ortho nitro benzene ring substituents is 1. The molecular formula is C11H12Cl2N2O6. The number of nitrogens with one attached hydrogen (secondary N) is 1. The molecule has 10 heteroatoms. The molecule has 0 spiro atoms. The molecule has 0 aromatic heterocycles. The van der Waals surface area contributed by atoms with Crippen LogP contribution in [0, 0.1) is 10.1 Å². The van der Waals surface area contributed by atoms with Gasteiger partial charge in [0.2, 0.25) is 0 Å². The van der Waals surface area contributed by atoms with Crippen molar-refractivity contribution in [3.05, 3.63) is 39.9 Å². The molecule has 0 bridgehead atoms. The van der Waals surface area contributed by atoms with Crippen LogP contribution in [0.5, 0.6) is 0 Å². The van der Waals surface area contributed by atoms with E-state index < -0.39 is 34.4 Å². The molecule has 1 aromatic rings. The first-order chi connectivity index (χ1) is 9.86. The first-order valence-electron chi connectivity index (χ1n) is 5.64. The smallest absolute Gasteiger partial charge is 0.269 e. The Hall–Kier alpha value is -1.45. The van der Waals surface area contributed by atoms with Crippen LogP contribution in [0.3, 0.4) is 0 Å². The molecule has 8 nitrogen and oxygen atoms in total. The van der Waals surface area contributed by atoms with E-state index in [0.29, 0.717) is 0 Å². The molecule has 1 amide bonds. The third kappa shape index (κ3) is 5.10. The second-order valence-electron chi connectivity index (χ2n) is 4.01. The number of halogens is 2. The van der Waals surface area contributed by atoms with Gasteiger partial charge in [0, 0.05) is 12.1 Å². The molecule has 0 unspecified atom stereocenters. The number of alkyl halides is 2. The largest absolute Gasteiger partial charge is 0.386 e. The molecule has 116 valence electrons. The number of hydrogen-bond donors (Lipinski definition) is 3. The van der Waals surface area contributed by atoms with Crippen LogP contribution < -0.4 is 5.32 Å². The lowest BCUT2D eigenvalue weighted by atomic mass is 10.0. The Morgan fingerprint density at radius 3 is 2.38 bits per heavy atom. The standard InChI is InChI=1S/C11H12Cl2N2O6/c12-10(13)11(17)14-8(5-21-20)9(16)6-1-3-7(4-2-6)15(18)19/h1-4,8-10,16,20H,5H2,(H,14,17)/t8-,9-/m1/s1. The predicted molar refractivity (Wildman–Crippen MR) is 74.1 cm³/mol. The average Bonchev–Trinajstić information content (AvgIpc) is 2.45. The molecule has 0 saturated heterocycles. The average molecular weight is 339 g/mol. The second-order valence-corrected chi connectivity index (χ2v) is 5.10. The Morgan fingerprint density at radius 2 is 1.95 bits per heavy atom. The maximum atomic E-state index is 11.4. The van der Waals surface area contributed by atoms with Crippen molar-refractivity contribution >= 4 is 34.8 Å². The fourth-order valence-electron chi connectivity index (χ4n) is 1.56. The number of benzene rings is 1. The van der Waals surface area contributed by atoms with Crippen LogP contribution in [-0.2, 0) is 9.68 Å². The third-order valence-electron chi connectivity index (χ3n) is 2.61. The van der Waals surface area contributed by atoms with Gasteiger partial charge in [-0.2, -0.15) is 0 Å². The minimum Gasteiger partial charge on any atom is -0.386 e. The Bertz CT molecular complexity index is 496. The van der Waals surface area contributed by atoms with Crippen molar-refractivity contribution in [3.8, 4) is 0 Å². The highest BCUT2D eigenvalue weighted by Crippen LogP contribution is 2.21. The van der Waals surface area contributed by atoms with Gasteiger partial charge in [0.1, 0.15) is 12.7 Å². The van der Waals surface area contributed by atoms with E-state index >= 15 is 0 Å². The van der Waals surface area contributed by atoms with Crippen molar-refractivity contribution in [2.24, 2.45) is 0 Å². The fraction of sp³-hybridized carbons (Fsp3) is 0.364. The molecule has 0 fully saturated rings. The Kier molecular flexibility index (Phi) is 6.79. The highest BCUT2D eigenvalue weighted by molar-refractivity contribution is 6.53. The van der Waals surface area contributed by atoms with Gasteiger partial charge in [-0.1, -0.05) is 23.2 Å². The molecule has 0 aliphatic carbocycles. The number of nitro groups is 1. The maximum Gasteiger partial charge on any atom is 0.269 e. The number of aliphatic hydroxyl groups excluding tert-OH is 1. The summed E-state index contributed by atoms with van der Waals surface area (Å²) in [6, 6.07) is 3.99. The lowest BCUT2D eigenvalue weighted by Crippen LogP contribution is -2.44. The summed E-state index contributed by atoms with van der Waals surface area (Å²) in [5, 5.41) is 31.4. The quantitative estimate of drug-likeness (QED) is 0.299. The summed E-state index contributed by atoms with van der Waals surface area (Å²) >= 11 is 10.7. The third-order valence-corrected chi connectivity index (χ3v) is 3.00. The molecule has 3 N–H and O–H groups in total. The molecule has 1 aromatic carbocycles. The van der Waals surface area contributed by atoms with Gasteiger partial charge in [0.25, 0.3) is 11.6 Å². The van der Waals surface area contributed by atoms with Crippen LogP contribution in [0.4, 0.5) is 5.69 Å². The fourth-order valence-corrected chi connectivity index (χ4v) is 1.69. The molecule has 0 heterocycles. The van der Waals surface area contributed by atoms with E-state index in [1.165, 1.54) is 24.3 Å². The van der Waals surface area contributed by atoms with Gasteiger partial charge in [0.15, 0.2) is 4.84 Å². The summed E-state index contributed by atoms with van der Waals surface area (Å²) < 4.78 is 0. The molecule has 0 aliphatic heterocycles. The zero-order chi connectivity index (χ0) is 16.0. The normalized spacial score (nSPS) is 13.8. The molecule has 1 rings (SSSR count). The number of rotatable bonds is 7. The first-order valence-corrected chi connectivity index (χ1v) is 6.51. The minimum atomic E-state index is -1.35. The zero-order valence-electron chi connectivity index (χ0n) is 10.5. The minimum absolute atomic E-state index is 0.147. The van der Waals surface area contributed by atoms with Crippen molar-refractivity contribution in [1.82, 2.24) is 5.32 Å². The Morgan fingerprint density at radius 1 is 1.38 bits per heavy atom. The van der Waals surface area contributed by atoms with E-state index in [1.807, 2.05) is 0 Å². The van der Waals surface area contributed by atoms with Gasteiger partial charge in [0.05, 0.1) is 11.0 Å². The summed E-state index contributed by atoms with van der Waals surface area (Å²) in [6.07, 6.45) is -1.28. The Balaban J connectivity index is 2.86. The van der Waals surface area contributed by atoms with Crippen molar-refractivity contribution in [1.29, 1.82) is 0 Å². The van der Waals surface area contributed by atoms with E-state index in [-0.39, 0.29) is 11.3 Å². The second kappa shape index (κ2) is 8.11. The van der Waals surface area contributed by atoms with Crippen LogP contribution >= 0.6 is 23.2 Å². The molecule has 0 radical (unpaired) electrons. The number of carbonyl (C=O) groups excluding carboxylic acids is 1. The van der Waals surface area contributed by atoms with Gasteiger partial charge in [-0.3, -0.25) is 20.2 Å².